The molecule has 0 radical (unpaired) electrons. The van der Waals surface area contributed by atoms with Gasteiger partial charge in [0.1, 0.15) is 5.69 Å². The first kappa shape index (κ1) is 14.1. The predicted octanol–water partition coefficient (Wildman–Crippen LogP) is 2.36. The lowest BCUT2D eigenvalue weighted by Crippen LogP contribution is -2.19. The zero-order valence-electron chi connectivity index (χ0n) is 12.4. The van der Waals surface area contributed by atoms with Crippen LogP contribution >= 0.6 is 0 Å². The lowest BCUT2D eigenvalue weighted by atomic mass is 10.1. The summed E-state index contributed by atoms with van der Waals surface area (Å²) in [6, 6.07) is 7.07. The minimum absolute atomic E-state index is 0.0256. The van der Waals surface area contributed by atoms with Crippen LogP contribution in [0.25, 0.3) is 11.0 Å². The summed E-state index contributed by atoms with van der Waals surface area (Å²) >= 11 is 0. The first-order valence-corrected chi connectivity index (χ1v) is 6.98. The Labute approximate surface area is 127 Å². The topological polar surface area (TPSA) is 75.7 Å². The van der Waals surface area contributed by atoms with E-state index in [4.69, 9.17) is 0 Å². The molecule has 0 saturated carbocycles. The van der Waals surface area contributed by atoms with Gasteiger partial charge in [-0.15, -0.1) is 0 Å². The van der Waals surface area contributed by atoms with Gasteiger partial charge in [-0.3, -0.25) is 14.6 Å². The SMILES string of the molecule is Cc1cc2nc(CC(=O)c3ccncc3)c(=O)[nH]c2cc1C. The summed E-state index contributed by atoms with van der Waals surface area (Å²) < 4.78 is 0. The van der Waals surface area contributed by atoms with Crippen LogP contribution in [0.4, 0.5) is 0 Å². The number of ketones is 1. The number of carbonyl (C=O) groups is 1. The van der Waals surface area contributed by atoms with Crippen LogP contribution in [0.2, 0.25) is 0 Å². The number of hydrogen-bond acceptors (Lipinski definition) is 4. The van der Waals surface area contributed by atoms with Crippen molar-refractivity contribution in [2.45, 2.75) is 20.3 Å². The first-order valence-electron chi connectivity index (χ1n) is 6.98. The van der Waals surface area contributed by atoms with E-state index < -0.39 is 0 Å². The van der Waals surface area contributed by atoms with Crippen molar-refractivity contribution in [3.63, 3.8) is 0 Å². The van der Waals surface area contributed by atoms with Crippen molar-refractivity contribution in [1.82, 2.24) is 15.0 Å². The average Bonchev–Trinajstić information content (AvgIpc) is 2.51. The summed E-state index contributed by atoms with van der Waals surface area (Å²) in [5, 5.41) is 0. The summed E-state index contributed by atoms with van der Waals surface area (Å²) in [6.07, 6.45) is 3.08. The van der Waals surface area contributed by atoms with Gasteiger partial charge in [0.15, 0.2) is 5.78 Å². The molecule has 0 amide bonds. The number of nitrogens with zero attached hydrogens (tertiary/aromatic N) is 2. The van der Waals surface area contributed by atoms with Gasteiger partial charge in [-0.05, 0) is 49.2 Å². The number of carbonyl (C=O) groups excluding carboxylic acids is 1. The van der Waals surface area contributed by atoms with Gasteiger partial charge in [0.05, 0.1) is 17.5 Å². The molecule has 1 N–H and O–H groups in total. The molecule has 3 aromatic rings. The molecular weight excluding hydrogens is 278 g/mol. The first-order chi connectivity index (χ1) is 10.5. The van der Waals surface area contributed by atoms with E-state index in [0.717, 1.165) is 11.1 Å². The highest BCUT2D eigenvalue weighted by Gasteiger charge is 2.12. The van der Waals surface area contributed by atoms with Crippen molar-refractivity contribution in [1.29, 1.82) is 0 Å². The number of aryl methyl sites for hydroxylation is 2. The van der Waals surface area contributed by atoms with Crippen LogP contribution in [0.1, 0.15) is 27.2 Å². The van der Waals surface area contributed by atoms with Crippen LogP contribution < -0.4 is 5.56 Å². The number of aromatic amines is 1. The lowest BCUT2D eigenvalue weighted by molar-refractivity contribution is 0.0991. The van der Waals surface area contributed by atoms with E-state index in [1.807, 2.05) is 26.0 Å². The fourth-order valence-electron chi connectivity index (χ4n) is 2.30. The fraction of sp³-hybridized carbons (Fsp3) is 0.176. The standard InChI is InChI=1S/C17H15N3O2/c1-10-7-13-14(8-11(10)2)20-17(22)15(19-13)9-16(21)12-3-5-18-6-4-12/h3-8H,9H2,1-2H3,(H,20,22). The normalized spacial score (nSPS) is 10.8. The third-order valence-corrected chi connectivity index (χ3v) is 3.71. The highest BCUT2D eigenvalue weighted by atomic mass is 16.1. The van der Waals surface area contributed by atoms with Crippen molar-refractivity contribution in [2.75, 3.05) is 0 Å². The molecule has 0 unspecified atom stereocenters. The number of rotatable bonds is 3. The predicted molar refractivity (Wildman–Crippen MR) is 84.1 cm³/mol. The molecule has 0 aliphatic heterocycles. The molecule has 2 heterocycles. The van der Waals surface area contributed by atoms with Crippen molar-refractivity contribution in [2.24, 2.45) is 0 Å². The van der Waals surface area contributed by atoms with Gasteiger partial charge in [0, 0.05) is 18.0 Å². The van der Waals surface area contributed by atoms with Crippen molar-refractivity contribution in [3.05, 3.63) is 69.4 Å². The second-order valence-electron chi connectivity index (χ2n) is 5.30. The average molecular weight is 293 g/mol. The maximum Gasteiger partial charge on any atom is 0.270 e. The van der Waals surface area contributed by atoms with Crippen LogP contribution in [0.15, 0.2) is 41.5 Å². The minimum atomic E-state index is -0.321. The van der Waals surface area contributed by atoms with Crippen LogP contribution in [0.5, 0.6) is 0 Å². The highest BCUT2D eigenvalue weighted by Crippen LogP contribution is 2.15. The second kappa shape index (κ2) is 5.52. The number of pyridine rings is 1. The molecule has 110 valence electrons. The Bertz CT molecular complexity index is 914. The number of fused-ring (bicyclic) bond motifs is 1. The third-order valence-electron chi connectivity index (χ3n) is 3.71. The molecule has 0 spiro atoms. The van der Waals surface area contributed by atoms with Gasteiger partial charge in [-0.1, -0.05) is 0 Å². The summed E-state index contributed by atoms with van der Waals surface area (Å²) in [4.78, 5) is 35.4. The minimum Gasteiger partial charge on any atom is -0.319 e. The van der Waals surface area contributed by atoms with Crippen molar-refractivity contribution >= 4 is 16.8 Å². The van der Waals surface area contributed by atoms with Gasteiger partial charge in [0.25, 0.3) is 5.56 Å². The molecule has 5 heteroatoms. The Morgan fingerprint density at radius 2 is 1.82 bits per heavy atom. The van der Waals surface area contributed by atoms with Gasteiger partial charge >= 0.3 is 0 Å². The third kappa shape index (κ3) is 2.65. The molecule has 1 aromatic carbocycles. The molecule has 0 saturated heterocycles. The molecule has 0 aliphatic carbocycles. The Kier molecular flexibility index (Phi) is 3.55. The Hall–Kier alpha value is -2.82. The summed E-state index contributed by atoms with van der Waals surface area (Å²) in [7, 11) is 0. The van der Waals surface area contributed by atoms with E-state index in [1.54, 1.807) is 24.5 Å². The molecule has 2 aromatic heterocycles. The van der Waals surface area contributed by atoms with Gasteiger partial charge in [0.2, 0.25) is 0 Å². The number of nitrogens with one attached hydrogen (secondary N) is 1. The molecule has 3 rings (SSSR count). The molecule has 0 atom stereocenters. The fourth-order valence-corrected chi connectivity index (χ4v) is 2.30. The maximum atomic E-state index is 12.2. The van der Waals surface area contributed by atoms with Crippen LogP contribution in [-0.2, 0) is 6.42 Å². The number of benzene rings is 1. The summed E-state index contributed by atoms with van der Waals surface area (Å²) in [5.74, 6) is -0.149. The van der Waals surface area contributed by atoms with Crippen LogP contribution in [0, 0.1) is 13.8 Å². The Morgan fingerprint density at radius 3 is 2.55 bits per heavy atom. The van der Waals surface area contributed by atoms with Crippen molar-refractivity contribution in [3.8, 4) is 0 Å². The number of hydrogen-bond donors (Lipinski definition) is 1. The van der Waals surface area contributed by atoms with E-state index in [2.05, 4.69) is 15.0 Å². The van der Waals surface area contributed by atoms with Crippen LogP contribution in [0.3, 0.4) is 0 Å². The quantitative estimate of drug-likeness (QED) is 0.752. The zero-order valence-corrected chi connectivity index (χ0v) is 12.4. The maximum absolute atomic E-state index is 12.2. The van der Waals surface area contributed by atoms with E-state index in [9.17, 15) is 9.59 Å². The van der Waals surface area contributed by atoms with Gasteiger partial charge in [-0.2, -0.15) is 0 Å². The van der Waals surface area contributed by atoms with E-state index in [-0.39, 0.29) is 23.5 Å². The molecule has 0 aliphatic rings. The van der Waals surface area contributed by atoms with E-state index in [0.29, 0.717) is 16.6 Å². The van der Waals surface area contributed by atoms with Gasteiger partial charge < -0.3 is 4.98 Å². The molecule has 5 nitrogen and oxygen atoms in total. The van der Waals surface area contributed by atoms with Crippen molar-refractivity contribution < 1.29 is 4.79 Å². The smallest absolute Gasteiger partial charge is 0.270 e. The molecule has 0 bridgehead atoms. The number of H-pyrrole nitrogens is 1. The monoisotopic (exact) mass is 293 g/mol. The molecular formula is C17H15N3O2. The second-order valence-corrected chi connectivity index (χ2v) is 5.30. The largest absolute Gasteiger partial charge is 0.319 e. The highest BCUT2D eigenvalue weighted by molar-refractivity contribution is 5.97. The van der Waals surface area contributed by atoms with E-state index >= 15 is 0 Å². The summed E-state index contributed by atoms with van der Waals surface area (Å²) in [6.45, 7) is 3.97. The molecule has 0 fully saturated rings. The number of Topliss-reactive ketones (excluding diaryl/α,β-unsaturated/α-hetero) is 1. The van der Waals surface area contributed by atoms with E-state index in [1.165, 1.54) is 0 Å². The lowest BCUT2D eigenvalue weighted by Gasteiger charge is -2.05. The Balaban J connectivity index is 2.01. The van der Waals surface area contributed by atoms with Crippen LogP contribution in [-0.4, -0.2) is 20.7 Å². The number of aromatic nitrogens is 3. The molecule has 22 heavy (non-hydrogen) atoms. The van der Waals surface area contributed by atoms with Gasteiger partial charge in [-0.25, -0.2) is 4.98 Å². The summed E-state index contributed by atoms with van der Waals surface area (Å²) in [5.41, 5.74) is 4.00. The zero-order chi connectivity index (χ0) is 15.7. The Morgan fingerprint density at radius 1 is 1.14 bits per heavy atom.